The zero-order valence-electron chi connectivity index (χ0n) is 11.1. The van der Waals surface area contributed by atoms with Gasteiger partial charge in [-0.2, -0.15) is 0 Å². The van der Waals surface area contributed by atoms with E-state index in [-0.39, 0.29) is 16.1 Å². The van der Waals surface area contributed by atoms with Gasteiger partial charge >= 0.3 is 0 Å². The number of nitrogens with two attached hydrogens (primary N) is 1. The van der Waals surface area contributed by atoms with Crippen LogP contribution >= 0.6 is 12.2 Å². The number of nitrogens with one attached hydrogen (secondary N) is 1. The second kappa shape index (κ2) is 5.97. The van der Waals surface area contributed by atoms with E-state index in [2.05, 4.69) is 5.32 Å². The van der Waals surface area contributed by atoms with Gasteiger partial charge < -0.3 is 11.1 Å². The Labute approximate surface area is 125 Å². The minimum Gasteiger partial charge on any atom is -0.389 e. The van der Waals surface area contributed by atoms with Crippen LogP contribution in [0.3, 0.4) is 0 Å². The molecule has 0 fully saturated rings. The number of thiocarbonyl (C=S) groups is 1. The summed E-state index contributed by atoms with van der Waals surface area (Å²) in [6, 6.07) is 8.51. The normalized spacial score (nSPS) is 10.2. The lowest BCUT2D eigenvalue weighted by Gasteiger charge is -2.09. The SMILES string of the molecule is Cc1ccc(F)c(NC(=O)c2ccc(C(N)=S)cc2)c1F. The Kier molecular flexibility index (Phi) is 4.28. The van der Waals surface area contributed by atoms with E-state index in [1.54, 1.807) is 12.1 Å². The van der Waals surface area contributed by atoms with Gasteiger partial charge in [-0.25, -0.2) is 8.78 Å². The summed E-state index contributed by atoms with van der Waals surface area (Å²) < 4.78 is 27.4. The number of amides is 1. The summed E-state index contributed by atoms with van der Waals surface area (Å²) in [7, 11) is 0. The zero-order chi connectivity index (χ0) is 15.6. The third-order valence-corrected chi connectivity index (χ3v) is 3.19. The van der Waals surface area contributed by atoms with Gasteiger partial charge in [0.25, 0.3) is 5.91 Å². The van der Waals surface area contributed by atoms with Crippen LogP contribution < -0.4 is 11.1 Å². The summed E-state index contributed by atoms with van der Waals surface area (Å²) in [6.45, 7) is 1.49. The van der Waals surface area contributed by atoms with Gasteiger partial charge in [-0.3, -0.25) is 4.79 Å². The molecule has 1 amide bonds. The number of rotatable bonds is 3. The van der Waals surface area contributed by atoms with Gasteiger partial charge in [0.15, 0.2) is 5.82 Å². The molecule has 0 heterocycles. The standard InChI is InChI=1S/C15H12F2N2OS/c1-8-2-7-11(16)13(12(8)17)19-15(20)10-5-3-9(4-6-10)14(18)21/h2-7H,1H3,(H2,18,21)(H,19,20). The third-order valence-electron chi connectivity index (χ3n) is 2.95. The Hall–Kier alpha value is -2.34. The second-order valence-electron chi connectivity index (χ2n) is 4.45. The maximum Gasteiger partial charge on any atom is 0.255 e. The Morgan fingerprint density at radius 2 is 1.67 bits per heavy atom. The summed E-state index contributed by atoms with van der Waals surface area (Å²) in [5.74, 6) is -2.23. The predicted octanol–water partition coefficient (Wildman–Crippen LogP) is 3.16. The first-order chi connectivity index (χ1) is 9.90. The van der Waals surface area contributed by atoms with E-state index in [0.29, 0.717) is 5.56 Å². The van der Waals surface area contributed by atoms with Gasteiger partial charge in [0.2, 0.25) is 0 Å². The summed E-state index contributed by atoms with van der Waals surface area (Å²) in [6.07, 6.45) is 0. The lowest BCUT2D eigenvalue weighted by molar-refractivity contribution is 0.102. The number of halogens is 2. The van der Waals surface area contributed by atoms with Gasteiger partial charge in [0.1, 0.15) is 16.5 Å². The molecule has 0 aliphatic heterocycles. The van der Waals surface area contributed by atoms with Crippen LogP contribution in [0.5, 0.6) is 0 Å². The van der Waals surface area contributed by atoms with E-state index in [1.807, 2.05) is 0 Å². The number of aryl methyl sites for hydroxylation is 1. The van der Waals surface area contributed by atoms with E-state index < -0.39 is 23.2 Å². The molecular weight excluding hydrogens is 294 g/mol. The Balaban J connectivity index is 2.26. The first-order valence-corrected chi connectivity index (χ1v) is 6.47. The third kappa shape index (κ3) is 3.22. The number of hydrogen-bond donors (Lipinski definition) is 2. The van der Waals surface area contributed by atoms with Gasteiger partial charge in [0.05, 0.1) is 0 Å². The number of carbonyl (C=O) groups excluding carboxylic acids is 1. The number of carbonyl (C=O) groups is 1. The van der Waals surface area contributed by atoms with E-state index in [0.717, 1.165) is 6.07 Å². The van der Waals surface area contributed by atoms with Gasteiger partial charge in [-0.1, -0.05) is 30.4 Å². The van der Waals surface area contributed by atoms with E-state index >= 15 is 0 Å². The molecule has 0 atom stereocenters. The van der Waals surface area contributed by atoms with Crippen molar-refractivity contribution >= 4 is 28.8 Å². The lowest BCUT2D eigenvalue weighted by atomic mass is 10.1. The van der Waals surface area contributed by atoms with Gasteiger partial charge in [-0.05, 0) is 30.7 Å². The van der Waals surface area contributed by atoms with Crippen LogP contribution in [0.15, 0.2) is 36.4 Å². The summed E-state index contributed by atoms with van der Waals surface area (Å²) >= 11 is 4.80. The second-order valence-corrected chi connectivity index (χ2v) is 4.89. The largest absolute Gasteiger partial charge is 0.389 e. The first kappa shape index (κ1) is 15.1. The van der Waals surface area contributed by atoms with Crippen LogP contribution in [0.1, 0.15) is 21.5 Å². The maximum absolute atomic E-state index is 13.8. The molecule has 0 saturated carbocycles. The van der Waals surface area contributed by atoms with Crippen LogP contribution in [0.4, 0.5) is 14.5 Å². The lowest BCUT2D eigenvalue weighted by Crippen LogP contribution is -2.15. The molecule has 0 radical (unpaired) electrons. The molecule has 0 saturated heterocycles. The summed E-state index contributed by atoms with van der Waals surface area (Å²) in [5, 5.41) is 2.23. The molecule has 3 nitrogen and oxygen atoms in total. The smallest absolute Gasteiger partial charge is 0.255 e. The number of hydrogen-bond acceptors (Lipinski definition) is 2. The van der Waals surface area contributed by atoms with E-state index in [9.17, 15) is 13.6 Å². The van der Waals surface area contributed by atoms with Crippen LogP contribution in [0.25, 0.3) is 0 Å². The fourth-order valence-electron chi connectivity index (χ4n) is 1.74. The molecule has 2 aromatic rings. The van der Waals surface area contributed by atoms with Crippen molar-refractivity contribution in [2.75, 3.05) is 5.32 Å². The minimum atomic E-state index is -0.828. The Morgan fingerprint density at radius 1 is 1.10 bits per heavy atom. The Bertz CT molecular complexity index is 714. The molecule has 0 aromatic heterocycles. The number of anilines is 1. The van der Waals surface area contributed by atoms with Crippen LogP contribution in [0.2, 0.25) is 0 Å². The molecule has 6 heteroatoms. The van der Waals surface area contributed by atoms with Crippen molar-refractivity contribution in [3.05, 3.63) is 64.7 Å². The molecule has 2 rings (SSSR count). The topological polar surface area (TPSA) is 55.1 Å². The summed E-state index contributed by atoms with van der Waals surface area (Å²) in [5.41, 5.74) is 6.09. The monoisotopic (exact) mass is 306 g/mol. The molecule has 21 heavy (non-hydrogen) atoms. The fourth-order valence-corrected chi connectivity index (χ4v) is 1.88. The zero-order valence-corrected chi connectivity index (χ0v) is 11.9. The minimum absolute atomic E-state index is 0.206. The average Bonchev–Trinajstić information content (AvgIpc) is 2.47. The molecule has 0 unspecified atom stereocenters. The highest BCUT2D eigenvalue weighted by atomic mass is 32.1. The maximum atomic E-state index is 13.8. The molecule has 0 spiro atoms. The van der Waals surface area contributed by atoms with Gasteiger partial charge in [-0.15, -0.1) is 0 Å². The highest BCUT2D eigenvalue weighted by Gasteiger charge is 2.15. The van der Waals surface area contributed by atoms with Crippen molar-refractivity contribution in [2.24, 2.45) is 5.73 Å². The van der Waals surface area contributed by atoms with Crippen molar-refractivity contribution in [1.82, 2.24) is 0 Å². The van der Waals surface area contributed by atoms with Crippen LogP contribution in [-0.4, -0.2) is 10.9 Å². The molecule has 0 bridgehead atoms. The summed E-state index contributed by atoms with van der Waals surface area (Å²) in [4.78, 5) is 12.2. The highest BCUT2D eigenvalue weighted by molar-refractivity contribution is 7.80. The van der Waals surface area contributed by atoms with E-state index in [4.69, 9.17) is 18.0 Å². The molecule has 3 N–H and O–H groups in total. The van der Waals surface area contributed by atoms with Crippen molar-refractivity contribution in [3.63, 3.8) is 0 Å². The van der Waals surface area contributed by atoms with Crippen molar-refractivity contribution in [3.8, 4) is 0 Å². The molecule has 0 aliphatic carbocycles. The van der Waals surface area contributed by atoms with Crippen molar-refractivity contribution in [2.45, 2.75) is 6.92 Å². The average molecular weight is 306 g/mol. The van der Waals surface area contributed by atoms with Crippen LogP contribution in [0, 0.1) is 18.6 Å². The predicted molar refractivity (Wildman–Crippen MR) is 81.4 cm³/mol. The molecule has 0 aliphatic rings. The fraction of sp³-hybridized carbons (Fsp3) is 0.0667. The molecular formula is C15H12F2N2OS. The van der Waals surface area contributed by atoms with Crippen molar-refractivity contribution < 1.29 is 13.6 Å². The van der Waals surface area contributed by atoms with Crippen LogP contribution in [-0.2, 0) is 0 Å². The highest BCUT2D eigenvalue weighted by Crippen LogP contribution is 2.22. The Morgan fingerprint density at radius 3 is 2.24 bits per heavy atom. The quantitative estimate of drug-likeness (QED) is 0.857. The molecule has 108 valence electrons. The van der Waals surface area contributed by atoms with E-state index in [1.165, 1.54) is 25.1 Å². The van der Waals surface area contributed by atoms with Crippen molar-refractivity contribution in [1.29, 1.82) is 0 Å². The van der Waals surface area contributed by atoms with Gasteiger partial charge in [0, 0.05) is 11.1 Å². The molecule has 2 aromatic carbocycles. The first-order valence-electron chi connectivity index (χ1n) is 6.06. The number of benzene rings is 2.